The number of nitrogens with one attached hydrogen (secondary N) is 1. The van der Waals surface area contributed by atoms with Gasteiger partial charge in [-0.2, -0.15) is 13.2 Å². The molecule has 19 heavy (non-hydrogen) atoms. The Kier molecular flexibility index (Phi) is 3.51. The van der Waals surface area contributed by atoms with Crippen LogP contribution in [0, 0.1) is 0 Å². The Hall–Kier alpha value is -1.60. The minimum Gasteiger partial charge on any atom is -0.344 e. The van der Waals surface area contributed by atoms with Gasteiger partial charge in [-0.05, 0) is 19.1 Å². The van der Waals surface area contributed by atoms with Crippen LogP contribution in [-0.2, 0) is 20.1 Å². The molecule has 0 unspecified atom stereocenters. The molecule has 0 spiro atoms. The van der Waals surface area contributed by atoms with Gasteiger partial charge in [-0.3, -0.25) is 4.79 Å². The second-order valence-electron chi connectivity index (χ2n) is 4.18. The fourth-order valence-electron chi connectivity index (χ4n) is 1.76. The predicted octanol–water partition coefficient (Wildman–Crippen LogP) is 2.41. The number of ether oxygens (including phenoxy) is 2. The van der Waals surface area contributed by atoms with E-state index in [1.807, 2.05) is 0 Å². The molecule has 1 N–H and O–H groups in total. The van der Waals surface area contributed by atoms with Gasteiger partial charge in [0, 0.05) is 11.3 Å². The van der Waals surface area contributed by atoms with E-state index in [-0.39, 0.29) is 5.69 Å². The van der Waals surface area contributed by atoms with Crippen LogP contribution in [0.5, 0.6) is 0 Å². The summed E-state index contributed by atoms with van der Waals surface area (Å²) in [5.74, 6) is -3.00. The molecule has 2 rings (SSSR count). The lowest BCUT2D eigenvalue weighted by atomic mass is 10.1. The second kappa shape index (κ2) is 4.82. The molecule has 1 saturated heterocycles. The van der Waals surface area contributed by atoms with Crippen molar-refractivity contribution in [1.82, 2.24) is 0 Å². The molecule has 4 nitrogen and oxygen atoms in total. The highest BCUT2D eigenvalue weighted by Crippen LogP contribution is 2.32. The van der Waals surface area contributed by atoms with Crippen molar-refractivity contribution in [3.05, 3.63) is 29.8 Å². The minimum absolute atomic E-state index is 0.0418. The lowest BCUT2D eigenvalue weighted by Crippen LogP contribution is -2.30. The molecular formula is C12H12F3NO3. The molecule has 0 aromatic heterocycles. The van der Waals surface area contributed by atoms with Crippen molar-refractivity contribution in [2.75, 3.05) is 18.5 Å². The van der Waals surface area contributed by atoms with Crippen LogP contribution in [0.3, 0.4) is 0 Å². The van der Waals surface area contributed by atoms with Crippen molar-refractivity contribution in [2.24, 2.45) is 0 Å². The molecule has 1 heterocycles. The first-order valence-corrected chi connectivity index (χ1v) is 5.58. The van der Waals surface area contributed by atoms with E-state index in [4.69, 9.17) is 9.47 Å². The zero-order valence-electron chi connectivity index (χ0n) is 10.1. The summed E-state index contributed by atoms with van der Waals surface area (Å²) < 4.78 is 47.2. The number of rotatable bonds is 2. The largest absolute Gasteiger partial charge is 0.471 e. The van der Waals surface area contributed by atoms with Crippen LogP contribution in [0.1, 0.15) is 12.5 Å². The van der Waals surface area contributed by atoms with Gasteiger partial charge in [-0.25, -0.2) is 0 Å². The number of benzene rings is 1. The molecule has 7 heteroatoms. The molecule has 0 atom stereocenters. The predicted molar refractivity (Wildman–Crippen MR) is 60.4 cm³/mol. The lowest BCUT2D eigenvalue weighted by Gasteiger charge is -2.23. The molecule has 0 radical (unpaired) electrons. The molecule has 104 valence electrons. The summed E-state index contributed by atoms with van der Waals surface area (Å²) in [7, 11) is 0. The van der Waals surface area contributed by atoms with E-state index < -0.39 is 17.9 Å². The average Bonchev–Trinajstić information content (AvgIpc) is 2.77. The summed E-state index contributed by atoms with van der Waals surface area (Å²) in [5.41, 5.74) is 0.588. The average molecular weight is 275 g/mol. The van der Waals surface area contributed by atoms with Crippen LogP contribution in [0.15, 0.2) is 24.3 Å². The van der Waals surface area contributed by atoms with E-state index >= 15 is 0 Å². The minimum atomic E-state index is -4.92. The first kappa shape index (κ1) is 13.8. The van der Waals surface area contributed by atoms with Crippen molar-refractivity contribution in [2.45, 2.75) is 18.9 Å². The number of alkyl halides is 3. The van der Waals surface area contributed by atoms with Crippen LogP contribution < -0.4 is 5.32 Å². The molecule has 1 amide bonds. The van der Waals surface area contributed by atoms with E-state index in [9.17, 15) is 18.0 Å². The zero-order chi connectivity index (χ0) is 14.1. The maximum atomic E-state index is 12.2. The number of amides is 1. The Labute approximate surface area is 107 Å². The third-order valence-electron chi connectivity index (χ3n) is 2.74. The van der Waals surface area contributed by atoms with Gasteiger partial charge >= 0.3 is 12.1 Å². The summed E-state index contributed by atoms with van der Waals surface area (Å²) in [6.45, 7) is 2.50. The smallest absolute Gasteiger partial charge is 0.344 e. The molecule has 1 aromatic carbocycles. The fraction of sp³-hybridized carbons (Fsp3) is 0.417. The van der Waals surface area contributed by atoms with Gasteiger partial charge < -0.3 is 14.8 Å². The first-order chi connectivity index (χ1) is 8.81. The van der Waals surface area contributed by atoms with E-state index in [1.54, 1.807) is 18.3 Å². The summed E-state index contributed by atoms with van der Waals surface area (Å²) in [6, 6.07) is 5.95. The van der Waals surface area contributed by atoms with Gasteiger partial charge in [0.25, 0.3) is 0 Å². The van der Waals surface area contributed by atoms with Gasteiger partial charge in [0.05, 0.1) is 13.2 Å². The third kappa shape index (κ3) is 3.05. The van der Waals surface area contributed by atoms with Crippen molar-refractivity contribution in [3.8, 4) is 0 Å². The highest BCUT2D eigenvalue weighted by Gasteiger charge is 2.39. The topological polar surface area (TPSA) is 47.6 Å². The van der Waals surface area contributed by atoms with Crippen LogP contribution >= 0.6 is 0 Å². The van der Waals surface area contributed by atoms with Crippen molar-refractivity contribution >= 4 is 11.6 Å². The van der Waals surface area contributed by atoms with Crippen LogP contribution in [0.25, 0.3) is 0 Å². The molecule has 0 aliphatic carbocycles. The summed E-state index contributed by atoms with van der Waals surface area (Å²) in [6.07, 6.45) is -4.92. The van der Waals surface area contributed by atoms with Crippen LogP contribution in [-0.4, -0.2) is 25.3 Å². The normalized spacial score (nSPS) is 18.3. The maximum absolute atomic E-state index is 12.2. The zero-order valence-corrected chi connectivity index (χ0v) is 10.1. The van der Waals surface area contributed by atoms with E-state index in [1.165, 1.54) is 18.2 Å². The highest BCUT2D eigenvalue weighted by atomic mass is 19.4. The van der Waals surface area contributed by atoms with E-state index in [0.29, 0.717) is 18.8 Å². The lowest BCUT2D eigenvalue weighted by molar-refractivity contribution is -0.167. The number of hydrogen-bond acceptors (Lipinski definition) is 3. The fourth-order valence-corrected chi connectivity index (χ4v) is 1.76. The highest BCUT2D eigenvalue weighted by molar-refractivity contribution is 5.94. The van der Waals surface area contributed by atoms with Gasteiger partial charge in [0.1, 0.15) is 0 Å². The van der Waals surface area contributed by atoms with Gasteiger partial charge in [-0.1, -0.05) is 12.1 Å². The molecule has 1 fully saturated rings. The summed E-state index contributed by atoms with van der Waals surface area (Å²) in [5, 5.41) is 1.79. The summed E-state index contributed by atoms with van der Waals surface area (Å²) in [4.78, 5) is 10.8. The van der Waals surface area contributed by atoms with Gasteiger partial charge in [0.15, 0.2) is 5.79 Å². The molecular weight excluding hydrogens is 263 g/mol. The monoisotopic (exact) mass is 275 g/mol. The molecule has 1 aromatic rings. The Morgan fingerprint density at radius 1 is 1.32 bits per heavy atom. The Bertz CT molecular complexity index is 481. The van der Waals surface area contributed by atoms with E-state index in [0.717, 1.165) is 0 Å². The molecule has 1 aliphatic heterocycles. The van der Waals surface area contributed by atoms with Crippen molar-refractivity contribution < 1.29 is 27.4 Å². The Morgan fingerprint density at radius 2 is 1.95 bits per heavy atom. The molecule has 0 saturated carbocycles. The maximum Gasteiger partial charge on any atom is 0.471 e. The molecule has 1 aliphatic rings. The number of carbonyl (C=O) groups is 1. The van der Waals surface area contributed by atoms with Crippen molar-refractivity contribution in [1.29, 1.82) is 0 Å². The standard InChI is InChI=1S/C12H12F3NO3/c1-11(18-5-6-19-11)8-3-2-4-9(7-8)16-10(17)12(13,14)15/h2-4,7H,5-6H2,1H3,(H,16,17). The van der Waals surface area contributed by atoms with Crippen LogP contribution in [0.4, 0.5) is 18.9 Å². The third-order valence-corrected chi connectivity index (χ3v) is 2.74. The van der Waals surface area contributed by atoms with E-state index in [2.05, 4.69) is 0 Å². The van der Waals surface area contributed by atoms with Gasteiger partial charge in [-0.15, -0.1) is 0 Å². The number of hydrogen-bond donors (Lipinski definition) is 1. The first-order valence-electron chi connectivity index (χ1n) is 5.58. The molecule has 0 bridgehead atoms. The van der Waals surface area contributed by atoms with Gasteiger partial charge in [0.2, 0.25) is 0 Å². The Morgan fingerprint density at radius 3 is 2.53 bits per heavy atom. The second-order valence-corrected chi connectivity index (χ2v) is 4.18. The van der Waals surface area contributed by atoms with Crippen molar-refractivity contribution in [3.63, 3.8) is 0 Å². The quantitative estimate of drug-likeness (QED) is 0.901. The Balaban J connectivity index is 2.18. The number of anilines is 1. The summed E-state index contributed by atoms with van der Waals surface area (Å²) >= 11 is 0. The number of halogens is 3. The SMILES string of the molecule is CC1(c2cccc(NC(=O)C(F)(F)F)c2)OCCO1. The van der Waals surface area contributed by atoms with Crippen LogP contribution in [0.2, 0.25) is 0 Å². The number of carbonyl (C=O) groups excluding carboxylic acids is 1.